The number of hydrogen-bond donors (Lipinski definition) is 0. The van der Waals surface area contributed by atoms with Gasteiger partial charge in [-0.25, -0.2) is 4.98 Å². The van der Waals surface area contributed by atoms with Gasteiger partial charge in [0.1, 0.15) is 0 Å². The topological polar surface area (TPSA) is 43.1 Å². The van der Waals surface area contributed by atoms with E-state index in [0.29, 0.717) is 16.5 Å². The Hall–Kier alpha value is -1.43. The van der Waals surface area contributed by atoms with Crippen LogP contribution in [0.5, 0.6) is 0 Å². The van der Waals surface area contributed by atoms with Crippen molar-refractivity contribution in [2.75, 3.05) is 0 Å². The third kappa shape index (κ3) is 3.81. The molecular weight excluding hydrogens is 326 g/mol. The molecule has 1 unspecified atom stereocenters. The molecule has 2 aromatic heterocycles. The maximum Gasteiger partial charge on any atom is 0.162 e. The predicted molar refractivity (Wildman–Crippen MR) is 86.8 cm³/mol. The minimum Gasteiger partial charge on any atom is -0.462 e. The fourth-order valence-electron chi connectivity index (χ4n) is 1.92. The molecule has 3 nitrogen and oxygen atoms in total. The summed E-state index contributed by atoms with van der Waals surface area (Å²) in [4.78, 5) is 4.46. The van der Waals surface area contributed by atoms with E-state index >= 15 is 0 Å². The maximum atomic E-state index is 12.2. The number of aromatic nitrogens is 1. The van der Waals surface area contributed by atoms with E-state index in [1.54, 1.807) is 6.26 Å². The second-order valence-corrected chi connectivity index (χ2v) is 7.23. The average molecular weight is 338 g/mol. The van der Waals surface area contributed by atoms with E-state index in [1.807, 2.05) is 41.8 Å². The van der Waals surface area contributed by atoms with Crippen LogP contribution in [0.15, 0.2) is 52.5 Å². The molecule has 2 heterocycles. The first-order valence-corrected chi connectivity index (χ1v) is 9.03. The van der Waals surface area contributed by atoms with E-state index in [9.17, 15) is 4.21 Å². The molecule has 0 fully saturated rings. The van der Waals surface area contributed by atoms with Crippen molar-refractivity contribution in [1.29, 1.82) is 0 Å². The maximum absolute atomic E-state index is 12.2. The number of nitrogens with zero attached hydrogens (tertiary/aromatic N) is 1. The molecule has 0 saturated carbocycles. The van der Waals surface area contributed by atoms with Gasteiger partial charge in [-0.15, -0.1) is 11.3 Å². The summed E-state index contributed by atoms with van der Waals surface area (Å²) in [7, 11) is -1.01. The van der Waals surface area contributed by atoms with Gasteiger partial charge in [-0.3, -0.25) is 4.21 Å². The Morgan fingerprint density at radius 2 is 2.14 bits per heavy atom. The largest absolute Gasteiger partial charge is 0.462 e. The molecule has 0 aliphatic rings. The number of benzene rings is 1. The second-order valence-electron chi connectivity index (χ2n) is 4.48. The number of hydrogen-bond acceptors (Lipinski definition) is 4. The zero-order chi connectivity index (χ0) is 14.7. The van der Waals surface area contributed by atoms with Crippen molar-refractivity contribution in [3.63, 3.8) is 0 Å². The molecule has 21 heavy (non-hydrogen) atoms. The number of thiazole rings is 1. The quantitative estimate of drug-likeness (QED) is 0.688. The van der Waals surface area contributed by atoms with Crippen LogP contribution < -0.4 is 0 Å². The van der Waals surface area contributed by atoms with Crippen molar-refractivity contribution in [3.05, 3.63) is 64.3 Å². The van der Waals surface area contributed by atoms with Gasteiger partial charge in [0, 0.05) is 27.0 Å². The van der Waals surface area contributed by atoms with Crippen molar-refractivity contribution >= 4 is 33.7 Å². The van der Waals surface area contributed by atoms with Crippen LogP contribution in [0.1, 0.15) is 11.3 Å². The molecule has 1 aromatic carbocycles. The number of halogens is 1. The Balaban J connectivity index is 1.65. The standard InChI is InChI=1S/C15H12ClNO2S2/c16-12-4-1-3-11(7-12)9-21(18)10-13-8-20-15(17-13)14-5-2-6-19-14/h1-8H,9-10H2. The van der Waals surface area contributed by atoms with Crippen LogP contribution in [0.4, 0.5) is 0 Å². The third-order valence-electron chi connectivity index (χ3n) is 2.81. The lowest BCUT2D eigenvalue weighted by molar-refractivity contribution is 0.581. The monoisotopic (exact) mass is 337 g/mol. The lowest BCUT2D eigenvalue weighted by Gasteiger charge is -2.01. The van der Waals surface area contributed by atoms with Crippen LogP contribution in [0.3, 0.4) is 0 Å². The fourth-order valence-corrected chi connectivity index (χ4v) is 4.15. The molecule has 0 spiro atoms. The van der Waals surface area contributed by atoms with E-state index in [1.165, 1.54) is 11.3 Å². The van der Waals surface area contributed by atoms with Gasteiger partial charge in [0.25, 0.3) is 0 Å². The Kier molecular flexibility index (Phi) is 4.53. The molecule has 1 atom stereocenters. The van der Waals surface area contributed by atoms with Crippen LogP contribution in [0.25, 0.3) is 10.8 Å². The summed E-state index contributed by atoms with van der Waals surface area (Å²) >= 11 is 7.43. The SMILES string of the molecule is O=S(Cc1cccc(Cl)c1)Cc1csc(-c2ccco2)n1. The zero-order valence-electron chi connectivity index (χ0n) is 11.0. The molecule has 108 valence electrons. The van der Waals surface area contributed by atoms with Gasteiger partial charge in [0.05, 0.1) is 17.7 Å². The highest BCUT2D eigenvalue weighted by Gasteiger charge is 2.10. The summed E-state index contributed by atoms with van der Waals surface area (Å²) in [6.07, 6.45) is 1.62. The number of rotatable bonds is 5. The molecule has 0 amide bonds. The minimum atomic E-state index is -1.01. The molecule has 0 saturated heterocycles. The first-order valence-electron chi connectivity index (χ1n) is 6.28. The molecule has 3 rings (SSSR count). The Labute approximate surface area is 134 Å². The van der Waals surface area contributed by atoms with Crippen LogP contribution >= 0.6 is 22.9 Å². The second kappa shape index (κ2) is 6.56. The zero-order valence-corrected chi connectivity index (χ0v) is 13.4. The lowest BCUT2D eigenvalue weighted by Crippen LogP contribution is -1.99. The normalized spacial score (nSPS) is 12.4. The first-order chi connectivity index (χ1) is 10.2. The van der Waals surface area contributed by atoms with Crippen molar-refractivity contribution < 1.29 is 8.63 Å². The molecular formula is C15H12ClNO2S2. The van der Waals surface area contributed by atoms with Crippen molar-refractivity contribution in [1.82, 2.24) is 4.98 Å². The molecule has 0 N–H and O–H groups in total. The molecule has 0 radical (unpaired) electrons. The summed E-state index contributed by atoms with van der Waals surface area (Å²) in [5, 5.41) is 3.40. The van der Waals surface area contributed by atoms with Gasteiger partial charge in [-0.2, -0.15) is 0 Å². The van der Waals surface area contributed by atoms with Crippen LogP contribution in [-0.4, -0.2) is 9.19 Å². The van der Waals surface area contributed by atoms with Gasteiger partial charge in [-0.05, 0) is 29.8 Å². The van der Waals surface area contributed by atoms with Crippen LogP contribution in [0.2, 0.25) is 5.02 Å². The van der Waals surface area contributed by atoms with E-state index in [-0.39, 0.29) is 0 Å². The summed E-state index contributed by atoms with van der Waals surface area (Å²) in [6, 6.07) is 11.1. The van der Waals surface area contributed by atoms with Crippen molar-refractivity contribution in [3.8, 4) is 10.8 Å². The minimum absolute atomic E-state index is 0.434. The molecule has 3 aromatic rings. The summed E-state index contributed by atoms with van der Waals surface area (Å²) < 4.78 is 17.5. The van der Waals surface area contributed by atoms with Gasteiger partial charge in [-0.1, -0.05) is 23.7 Å². The van der Waals surface area contributed by atoms with Gasteiger partial charge in [0.15, 0.2) is 10.8 Å². The Morgan fingerprint density at radius 3 is 2.90 bits per heavy atom. The molecule has 6 heteroatoms. The first kappa shape index (κ1) is 14.5. The Morgan fingerprint density at radius 1 is 1.24 bits per heavy atom. The highest BCUT2D eigenvalue weighted by Crippen LogP contribution is 2.24. The van der Waals surface area contributed by atoms with E-state index in [2.05, 4.69) is 4.98 Å². The summed E-state index contributed by atoms with van der Waals surface area (Å²) in [5.74, 6) is 1.66. The van der Waals surface area contributed by atoms with Crippen LogP contribution in [0, 0.1) is 0 Å². The van der Waals surface area contributed by atoms with Crippen LogP contribution in [-0.2, 0) is 22.3 Å². The van der Waals surface area contributed by atoms with Gasteiger partial charge < -0.3 is 4.42 Å². The highest BCUT2D eigenvalue weighted by atomic mass is 35.5. The van der Waals surface area contributed by atoms with E-state index in [4.69, 9.17) is 16.0 Å². The fraction of sp³-hybridized carbons (Fsp3) is 0.133. The van der Waals surface area contributed by atoms with Gasteiger partial charge in [0.2, 0.25) is 0 Å². The molecule has 0 aliphatic carbocycles. The lowest BCUT2D eigenvalue weighted by atomic mass is 10.2. The smallest absolute Gasteiger partial charge is 0.162 e. The van der Waals surface area contributed by atoms with Crippen molar-refractivity contribution in [2.24, 2.45) is 0 Å². The third-order valence-corrected chi connectivity index (χ3v) is 5.22. The predicted octanol–water partition coefficient (Wildman–Crippen LogP) is 4.51. The molecule has 0 aliphatic heterocycles. The van der Waals surface area contributed by atoms with Gasteiger partial charge >= 0.3 is 0 Å². The Bertz CT molecular complexity index is 753. The van der Waals surface area contributed by atoms with E-state index in [0.717, 1.165) is 22.0 Å². The van der Waals surface area contributed by atoms with E-state index < -0.39 is 10.8 Å². The summed E-state index contributed by atoms with van der Waals surface area (Å²) in [5.41, 5.74) is 1.80. The average Bonchev–Trinajstić information content (AvgIpc) is 3.08. The molecule has 0 bridgehead atoms. The summed E-state index contributed by atoms with van der Waals surface area (Å²) in [6.45, 7) is 0. The highest BCUT2D eigenvalue weighted by molar-refractivity contribution is 7.83. The number of furan rings is 1. The van der Waals surface area contributed by atoms with Crippen molar-refractivity contribution in [2.45, 2.75) is 11.5 Å².